The van der Waals surface area contributed by atoms with Gasteiger partial charge in [0, 0.05) is 19.1 Å². The number of carboxylic acids is 1. The van der Waals surface area contributed by atoms with Gasteiger partial charge in [-0.15, -0.1) is 0 Å². The average molecular weight is 268 g/mol. The van der Waals surface area contributed by atoms with Gasteiger partial charge in [-0.3, -0.25) is 4.79 Å². The monoisotopic (exact) mass is 268 g/mol. The summed E-state index contributed by atoms with van der Waals surface area (Å²) in [5, 5.41) is 12.1. The molecule has 0 aromatic heterocycles. The van der Waals surface area contributed by atoms with Crippen LogP contribution in [-0.2, 0) is 4.79 Å². The van der Waals surface area contributed by atoms with Gasteiger partial charge in [-0.1, -0.05) is 19.8 Å². The van der Waals surface area contributed by atoms with Gasteiger partial charge in [-0.05, 0) is 31.6 Å². The highest BCUT2D eigenvalue weighted by Crippen LogP contribution is 2.24. The summed E-state index contributed by atoms with van der Waals surface area (Å²) in [6, 6.07) is 0.177. The van der Waals surface area contributed by atoms with E-state index in [1.165, 1.54) is 19.3 Å². The lowest BCUT2D eigenvalue weighted by molar-refractivity contribution is -0.143. The maximum atomic E-state index is 12.2. The molecular formula is C14H24N2O3. The van der Waals surface area contributed by atoms with Crippen molar-refractivity contribution in [3.63, 3.8) is 0 Å². The van der Waals surface area contributed by atoms with Gasteiger partial charge in [0.1, 0.15) is 0 Å². The van der Waals surface area contributed by atoms with Crippen molar-refractivity contribution in [2.24, 2.45) is 11.8 Å². The second-order valence-corrected chi connectivity index (χ2v) is 5.94. The van der Waals surface area contributed by atoms with Crippen LogP contribution in [0.15, 0.2) is 0 Å². The predicted molar refractivity (Wildman–Crippen MR) is 71.9 cm³/mol. The Balaban J connectivity index is 1.86. The van der Waals surface area contributed by atoms with Crippen molar-refractivity contribution in [2.75, 3.05) is 13.1 Å². The summed E-state index contributed by atoms with van der Waals surface area (Å²) in [6.07, 6.45) is 6.10. The maximum Gasteiger partial charge on any atom is 0.317 e. The zero-order chi connectivity index (χ0) is 13.8. The minimum Gasteiger partial charge on any atom is -0.481 e. The number of rotatable bonds is 2. The van der Waals surface area contributed by atoms with E-state index in [1.807, 2.05) is 0 Å². The highest BCUT2D eigenvalue weighted by atomic mass is 16.4. The molecular weight excluding hydrogens is 244 g/mol. The number of hydrogen-bond donors (Lipinski definition) is 2. The molecule has 0 aromatic carbocycles. The lowest BCUT2D eigenvalue weighted by Gasteiger charge is -2.35. The van der Waals surface area contributed by atoms with Gasteiger partial charge in [-0.2, -0.15) is 0 Å². The Morgan fingerprint density at radius 1 is 1.16 bits per heavy atom. The molecule has 0 aromatic rings. The van der Waals surface area contributed by atoms with E-state index < -0.39 is 11.9 Å². The van der Waals surface area contributed by atoms with Gasteiger partial charge in [0.15, 0.2) is 0 Å². The number of hydrogen-bond acceptors (Lipinski definition) is 2. The molecule has 1 saturated carbocycles. The van der Waals surface area contributed by atoms with E-state index in [0.717, 1.165) is 12.8 Å². The third-order valence-electron chi connectivity index (χ3n) is 4.48. The second kappa shape index (κ2) is 6.26. The largest absolute Gasteiger partial charge is 0.481 e. The van der Waals surface area contributed by atoms with Crippen molar-refractivity contribution in [2.45, 2.75) is 51.5 Å². The van der Waals surface area contributed by atoms with Gasteiger partial charge < -0.3 is 15.3 Å². The topological polar surface area (TPSA) is 69.6 Å². The third kappa shape index (κ3) is 3.61. The van der Waals surface area contributed by atoms with E-state index in [0.29, 0.717) is 25.4 Å². The number of urea groups is 1. The summed E-state index contributed by atoms with van der Waals surface area (Å²) in [5.41, 5.74) is 0. The number of carbonyl (C=O) groups excluding carboxylic acids is 1. The van der Waals surface area contributed by atoms with E-state index in [4.69, 9.17) is 5.11 Å². The fraction of sp³-hybridized carbons (Fsp3) is 0.857. The number of amides is 2. The number of carbonyl (C=O) groups is 2. The number of carboxylic acid groups (broad SMARTS) is 1. The quantitative estimate of drug-likeness (QED) is 0.805. The van der Waals surface area contributed by atoms with Crippen LogP contribution in [0.4, 0.5) is 4.79 Å². The molecule has 1 saturated heterocycles. The first-order chi connectivity index (χ1) is 9.08. The molecule has 1 aliphatic carbocycles. The molecule has 0 spiro atoms. The van der Waals surface area contributed by atoms with Crippen LogP contribution in [0.2, 0.25) is 0 Å². The fourth-order valence-corrected chi connectivity index (χ4v) is 3.14. The highest BCUT2D eigenvalue weighted by molar-refractivity contribution is 5.76. The molecule has 0 radical (unpaired) electrons. The lowest BCUT2D eigenvalue weighted by Crippen LogP contribution is -2.51. The molecule has 2 amide bonds. The van der Waals surface area contributed by atoms with Crippen molar-refractivity contribution in [3.8, 4) is 0 Å². The molecule has 19 heavy (non-hydrogen) atoms. The maximum absolute atomic E-state index is 12.2. The molecule has 1 aliphatic heterocycles. The standard InChI is InChI=1S/C14H24N2O3/c1-10-5-2-3-7-12(10)15-14(19)16-8-4-6-11(9-16)13(17)18/h10-12H,2-9H2,1H3,(H,15,19)(H,17,18)/t10?,11-,12?/m0/s1. The van der Waals surface area contributed by atoms with E-state index in [9.17, 15) is 9.59 Å². The van der Waals surface area contributed by atoms with Crippen LogP contribution >= 0.6 is 0 Å². The summed E-state index contributed by atoms with van der Waals surface area (Å²) in [5.74, 6) is -0.662. The van der Waals surface area contributed by atoms with Gasteiger partial charge >= 0.3 is 12.0 Å². The van der Waals surface area contributed by atoms with Crippen LogP contribution in [0.3, 0.4) is 0 Å². The van der Waals surface area contributed by atoms with E-state index in [1.54, 1.807) is 4.90 Å². The van der Waals surface area contributed by atoms with Crippen molar-refractivity contribution < 1.29 is 14.7 Å². The number of likely N-dealkylation sites (tertiary alicyclic amines) is 1. The van der Waals surface area contributed by atoms with Crippen LogP contribution in [0, 0.1) is 11.8 Å². The van der Waals surface area contributed by atoms with E-state index in [-0.39, 0.29) is 12.1 Å². The van der Waals surface area contributed by atoms with Crippen molar-refractivity contribution in [3.05, 3.63) is 0 Å². The Morgan fingerprint density at radius 3 is 2.58 bits per heavy atom. The van der Waals surface area contributed by atoms with Crippen molar-refractivity contribution in [1.29, 1.82) is 0 Å². The van der Waals surface area contributed by atoms with E-state index in [2.05, 4.69) is 12.2 Å². The van der Waals surface area contributed by atoms with Gasteiger partial charge in [-0.25, -0.2) is 4.79 Å². The molecule has 3 atom stereocenters. The Morgan fingerprint density at radius 2 is 1.89 bits per heavy atom. The molecule has 2 N–H and O–H groups in total. The summed E-state index contributed by atoms with van der Waals surface area (Å²) in [6.45, 7) is 3.21. The number of nitrogens with zero attached hydrogens (tertiary/aromatic N) is 1. The minimum atomic E-state index is -0.788. The van der Waals surface area contributed by atoms with Gasteiger partial charge in [0.25, 0.3) is 0 Å². The Bertz CT molecular complexity index is 346. The van der Waals surface area contributed by atoms with Crippen molar-refractivity contribution >= 4 is 12.0 Å². The van der Waals surface area contributed by atoms with Crippen LogP contribution in [0.1, 0.15) is 45.4 Å². The molecule has 2 fully saturated rings. The first kappa shape index (κ1) is 14.2. The van der Waals surface area contributed by atoms with Crippen LogP contribution in [0.25, 0.3) is 0 Å². The number of piperidine rings is 1. The summed E-state index contributed by atoms with van der Waals surface area (Å²) < 4.78 is 0. The Labute approximate surface area is 114 Å². The predicted octanol–water partition coefficient (Wildman–Crippen LogP) is 2.07. The Hall–Kier alpha value is -1.26. The average Bonchev–Trinajstić information content (AvgIpc) is 2.41. The number of nitrogens with one attached hydrogen (secondary N) is 1. The summed E-state index contributed by atoms with van der Waals surface area (Å²) in [4.78, 5) is 24.9. The fourth-order valence-electron chi connectivity index (χ4n) is 3.14. The van der Waals surface area contributed by atoms with Gasteiger partial charge in [0.2, 0.25) is 0 Å². The van der Waals surface area contributed by atoms with Crippen molar-refractivity contribution in [1.82, 2.24) is 10.2 Å². The van der Waals surface area contributed by atoms with E-state index >= 15 is 0 Å². The smallest absolute Gasteiger partial charge is 0.317 e. The molecule has 2 rings (SSSR count). The summed E-state index contributed by atoms with van der Waals surface area (Å²) in [7, 11) is 0. The normalized spacial score (nSPS) is 31.8. The van der Waals surface area contributed by atoms with Gasteiger partial charge in [0.05, 0.1) is 5.92 Å². The van der Waals surface area contributed by atoms with Crippen LogP contribution in [-0.4, -0.2) is 41.1 Å². The molecule has 5 heteroatoms. The molecule has 108 valence electrons. The first-order valence-electron chi connectivity index (χ1n) is 7.36. The molecule has 1 heterocycles. The van der Waals surface area contributed by atoms with Crippen LogP contribution in [0.5, 0.6) is 0 Å². The zero-order valence-electron chi connectivity index (χ0n) is 11.6. The molecule has 2 unspecified atom stereocenters. The minimum absolute atomic E-state index is 0.0790. The molecule has 2 aliphatic rings. The highest BCUT2D eigenvalue weighted by Gasteiger charge is 2.30. The summed E-state index contributed by atoms with van der Waals surface area (Å²) >= 11 is 0. The Kier molecular flexibility index (Phi) is 4.66. The second-order valence-electron chi connectivity index (χ2n) is 5.94. The lowest BCUT2D eigenvalue weighted by atomic mass is 9.86. The SMILES string of the molecule is CC1CCCCC1NC(=O)N1CCC[C@H](C(=O)O)C1. The molecule has 5 nitrogen and oxygen atoms in total. The first-order valence-corrected chi connectivity index (χ1v) is 7.36. The zero-order valence-corrected chi connectivity index (χ0v) is 11.6. The number of aliphatic carboxylic acids is 1. The molecule has 0 bridgehead atoms. The van der Waals surface area contributed by atoms with Crippen LogP contribution < -0.4 is 5.32 Å². The third-order valence-corrected chi connectivity index (χ3v) is 4.48.